The summed E-state index contributed by atoms with van der Waals surface area (Å²) in [7, 11) is 0. The van der Waals surface area contributed by atoms with Crippen LogP contribution in [0.25, 0.3) is 0 Å². The Labute approximate surface area is 212 Å². The Morgan fingerprint density at radius 1 is 1.14 bits per heavy atom. The minimum atomic E-state index is -0.891. The molecule has 1 aliphatic heterocycles. The number of rotatable bonds is 8. The standard InChI is InChI=1S/C23H25Cl2N5O5/c1-14(2)21(27-22(31)15-3-5-18(24)19(25)12-15)23(32)28-26-13-16-11-17(30(33)34)4-6-20(16)29-7-9-35-10-8-29/h3-6,11-14,21H,7-10H2,1-2H3,(H,27,31)(H,28,32). The van der Waals surface area contributed by atoms with Gasteiger partial charge in [0.05, 0.1) is 34.4 Å². The summed E-state index contributed by atoms with van der Waals surface area (Å²) in [6.45, 7) is 5.89. The molecule has 1 saturated heterocycles. The van der Waals surface area contributed by atoms with Gasteiger partial charge in [-0.25, -0.2) is 5.43 Å². The number of carbonyl (C=O) groups is 2. The molecule has 1 fully saturated rings. The van der Waals surface area contributed by atoms with Gasteiger partial charge < -0.3 is 15.0 Å². The predicted octanol–water partition coefficient (Wildman–Crippen LogP) is 3.64. The minimum absolute atomic E-state index is 0.0938. The molecule has 10 nitrogen and oxygen atoms in total. The van der Waals surface area contributed by atoms with Crippen molar-refractivity contribution in [2.24, 2.45) is 11.0 Å². The van der Waals surface area contributed by atoms with Gasteiger partial charge in [-0.3, -0.25) is 19.7 Å². The van der Waals surface area contributed by atoms with Crippen molar-refractivity contribution in [2.45, 2.75) is 19.9 Å². The molecule has 0 aromatic heterocycles. The van der Waals surface area contributed by atoms with Crippen LogP contribution in [-0.4, -0.2) is 55.3 Å². The molecule has 0 radical (unpaired) electrons. The van der Waals surface area contributed by atoms with Gasteiger partial charge in [-0.1, -0.05) is 37.0 Å². The molecule has 186 valence electrons. The first kappa shape index (κ1) is 26.4. The van der Waals surface area contributed by atoms with E-state index < -0.39 is 22.8 Å². The molecular weight excluding hydrogens is 497 g/mol. The van der Waals surface area contributed by atoms with E-state index >= 15 is 0 Å². The molecule has 0 bridgehead atoms. The van der Waals surface area contributed by atoms with Crippen molar-refractivity contribution in [1.82, 2.24) is 10.7 Å². The summed E-state index contributed by atoms with van der Waals surface area (Å²) in [5.74, 6) is -1.28. The maximum atomic E-state index is 12.8. The van der Waals surface area contributed by atoms with Crippen LogP contribution in [0.2, 0.25) is 10.0 Å². The van der Waals surface area contributed by atoms with E-state index in [-0.39, 0.29) is 22.2 Å². The van der Waals surface area contributed by atoms with Crippen LogP contribution in [-0.2, 0) is 9.53 Å². The van der Waals surface area contributed by atoms with Gasteiger partial charge in [0.1, 0.15) is 6.04 Å². The Morgan fingerprint density at radius 3 is 2.49 bits per heavy atom. The zero-order chi connectivity index (χ0) is 25.5. The summed E-state index contributed by atoms with van der Waals surface area (Å²) in [5.41, 5.74) is 3.80. The number of hydrogen-bond donors (Lipinski definition) is 2. The van der Waals surface area contributed by atoms with E-state index in [4.69, 9.17) is 27.9 Å². The highest BCUT2D eigenvalue weighted by atomic mass is 35.5. The Balaban J connectivity index is 1.74. The fourth-order valence-corrected chi connectivity index (χ4v) is 3.78. The van der Waals surface area contributed by atoms with Crippen LogP contribution in [0.5, 0.6) is 0 Å². The molecule has 35 heavy (non-hydrogen) atoms. The number of morpholine rings is 1. The molecule has 0 spiro atoms. The highest BCUT2D eigenvalue weighted by Crippen LogP contribution is 2.25. The third kappa shape index (κ3) is 6.91. The fourth-order valence-electron chi connectivity index (χ4n) is 3.48. The number of non-ortho nitro benzene ring substituents is 1. The Bertz CT molecular complexity index is 1140. The number of nitrogens with zero attached hydrogens (tertiary/aromatic N) is 3. The van der Waals surface area contributed by atoms with Crippen LogP contribution >= 0.6 is 23.2 Å². The van der Waals surface area contributed by atoms with E-state index in [1.165, 1.54) is 36.5 Å². The molecule has 2 N–H and O–H groups in total. The smallest absolute Gasteiger partial charge is 0.270 e. The zero-order valence-electron chi connectivity index (χ0n) is 19.2. The molecule has 12 heteroatoms. The number of amides is 2. The third-order valence-corrected chi connectivity index (χ3v) is 6.11. The van der Waals surface area contributed by atoms with Crippen LogP contribution < -0.4 is 15.6 Å². The Kier molecular flexibility index (Phi) is 9.02. The van der Waals surface area contributed by atoms with Gasteiger partial charge in [-0.05, 0) is 30.2 Å². The van der Waals surface area contributed by atoms with E-state index in [0.29, 0.717) is 36.9 Å². The molecule has 0 saturated carbocycles. The summed E-state index contributed by atoms with van der Waals surface area (Å²) in [5, 5.41) is 18.5. The average molecular weight is 522 g/mol. The number of benzene rings is 2. The normalized spacial score (nSPS) is 14.7. The summed E-state index contributed by atoms with van der Waals surface area (Å²) < 4.78 is 5.37. The number of ether oxygens (including phenoxy) is 1. The largest absolute Gasteiger partial charge is 0.378 e. The van der Waals surface area contributed by atoms with Crippen molar-refractivity contribution in [2.75, 3.05) is 31.2 Å². The van der Waals surface area contributed by atoms with E-state index in [1.54, 1.807) is 19.9 Å². The first-order valence-electron chi connectivity index (χ1n) is 10.9. The van der Waals surface area contributed by atoms with Crippen LogP contribution in [0.3, 0.4) is 0 Å². The average Bonchev–Trinajstić information content (AvgIpc) is 2.84. The fraction of sp³-hybridized carbons (Fsp3) is 0.348. The molecule has 1 heterocycles. The maximum absolute atomic E-state index is 12.8. The van der Waals surface area contributed by atoms with Gasteiger partial charge in [0.2, 0.25) is 0 Å². The highest BCUT2D eigenvalue weighted by molar-refractivity contribution is 6.42. The van der Waals surface area contributed by atoms with E-state index in [2.05, 4.69) is 15.8 Å². The molecular formula is C23H25Cl2N5O5. The second-order valence-electron chi connectivity index (χ2n) is 8.16. The lowest BCUT2D eigenvalue weighted by Crippen LogP contribution is -2.48. The maximum Gasteiger partial charge on any atom is 0.270 e. The van der Waals surface area contributed by atoms with Crippen molar-refractivity contribution in [3.05, 3.63) is 67.7 Å². The van der Waals surface area contributed by atoms with Crippen molar-refractivity contribution in [3.8, 4) is 0 Å². The molecule has 2 aromatic rings. The van der Waals surface area contributed by atoms with Crippen LogP contribution in [0.4, 0.5) is 11.4 Å². The highest BCUT2D eigenvalue weighted by Gasteiger charge is 2.25. The van der Waals surface area contributed by atoms with E-state index in [0.717, 1.165) is 5.69 Å². The van der Waals surface area contributed by atoms with Crippen molar-refractivity contribution < 1.29 is 19.2 Å². The summed E-state index contributed by atoms with van der Waals surface area (Å²) >= 11 is 11.9. The van der Waals surface area contributed by atoms with E-state index in [9.17, 15) is 19.7 Å². The second kappa shape index (κ2) is 12.0. The Hall–Kier alpha value is -3.21. The van der Waals surface area contributed by atoms with Gasteiger partial charge in [-0.15, -0.1) is 0 Å². The number of hydrogen-bond acceptors (Lipinski definition) is 7. The number of nitro groups is 1. The molecule has 1 unspecified atom stereocenters. The SMILES string of the molecule is CC(C)C(NC(=O)c1ccc(Cl)c(Cl)c1)C(=O)NN=Cc1cc([N+](=O)[O-])ccc1N1CCOCC1. The molecule has 1 atom stereocenters. The molecule has 2 amide bonds. The van der Waals surface area contributed by atoms with Crippen LogP contribution in [0.1, 0.15) is 29.8 Å². The number of nitro benzene ring substituents is 1. The van der Waals surface area contributed by atoms with Crippen LogP contribution in [0, 0.1) is 16.0 Å². The number of halogens is 2. The lowest BCUT2D eigenvalue weighted by Gasteiger charge is -2.29. The van der Waals surface area contributed by atoms with Gasteiger partial charge in [0, 0.05) is 42.0 Å². The summed E-state index contributed by atoms with van der Waals surface area (Å²) in [4.78, 5) is 38.2. The Morgan fingerprint density at radius 2 is 1.86 bits per heavy atom. The van der Waals surface area contributed by atoms with Gasteiger partial charge in [0.25, 0.3) is 17.5 Å². The second-order valence-corrected chi connectivity index (χ2v) is 8.97. The summed E-state index contributed by atoms with van der Waals surface area (Å²) in [6.07, 6.45) is 1.36. The number of hydrazone groups is 1. The molecule has 0 aliphatic carbocycles. The number of nitrogens with one attached hydrogen (secondary N) is 2. The van der Waals surface area contributed by atoms with Crippen molar-refractivity contribution in [3.63, 3.8) is 0 Å². The van der Waals surface area contributed by atoms with Crippen molar-refractivity contribution in [1.29, 1.82) is 0 Å². The first-order valence-corrected chi connectivity index (χ1v) is 11.6. The van der Waals surface area contributed by atoms with Gasteiger partial charge in [0.15, 0.2) is 0 Å². The summed E-state index contributed by atoms with van der Waals surface area (Å²) in [6, 6.07) is 8.01. The van der Waals surface area contributed by atoms with Gasteiger partial charge in [-0.2, -0.15) is 5.10 Å². The lowest BCUT2D eigenvalue weighted by molar-refractivity contribution is -0.384. The quantitative estimate of drug-likeness (QED) is 0.310. The van der Waals surface area contributed by atoms with E-state index in [1.807, 2.05) is 4.90 Å². The minimum Gasteiger partial charge on any atom is -0.378 e. The predicted molar refractivity (Wildman–Crippen MR) is 134 cm³/mol. The van der Waals surface area contributed by atoms with Crippen LogP contribution in [0.15, 0.2) is 41.5 Å². The number of carbonyl (C=O) groups excluding carboxylic acids is 2. The molecule has 1 aliphatic rings. The zero-order valence-corrected chi connectivity index (χ0v) is 20.7. The third-order valence-electron chi connectivity index (χ3n) is 5.37. The topological polar surface area (TPSA) is 126 Å². The van der Waals surface area contributed by atoms with Crippen molar-refractivity contribution >= 4 is 52.6 Å². The van der Waals surface area contributed by atoms with Gasteiger partial charge >= 0.3 is 0 Å². The first-order chi connectivity index (χ1) is 16.7. The number of anilines is 1. The molecule has 3 rings (SSSR count). The monoisotopic (exact) mass is 521 g/mol. The lowest BCUT2D eigenvalue weighted by atomic mass is 10.0. The molecule has 2 aromatic carbocycles.